The van der Waals surface area contributed by atoms with Crippen molar-refractivity contribution in [3.05, 3.63) is 64.7 Å². The van der Waals surface area contributed by atoms with Gasteiger partial charge in [0.1, 0.15) is 6.61 Å². The van der Waals surface area contributed by atoms with Gasteiger partial charge in [0.25, 0.3) is 0 Å². The molecule has 0 heterocycles. The van der Waals surface area contributed by atoms with Crippen molar-refractivity contribution in [3.63, 3.8) is 0 Å². The molecule has 3 heteroatoms. The molecule has 21 heavy (non-hydrogen) atoms. The molecule has 0 fully saturated rings. The quantitative estimate of drug-likeness (QED) is 0.907. The predicted octanol–water partition coefficient (Wildman–Crippen LogP) is 3.77. The van der Waals surface area contributed by atoms with E-state index in [1.54, 1.807) is 0 Å². The summed E-state index contributed by atoms with van der Waals surface area (Å²) in [6, 6.07) is 13.9. The van der Waals surface area contributed by atoms with E-state index in [1.165, 1.54) is 11.1 Å². The van der Waals surface area contributed by atoms with Gasteiger partial charge in [0.05, 0.1) is 6.61 Å². The summed E-state index contributed by atoms with van der Waals surface area (Å²) in [7, 11) is 0. The molecule has 2 aromatic carbocycles. The Kier molecular flexibility index (Phi) is 5.12. The zero-order chi connectivity index (χ0) is 15.2. The van der Waals surface area contributed by atoms with E-state index < -0.39 is 0 Å². The fourth-order valence-corrected chi connectivity index (χ4v) is 2.16. The van der Waals surface area contributed by atoms with E-state index in [4.69, 9.17) is 4.74 Å². The number of para-hydroxylation sites is 1. The second kappa shape index (κ2) is 7.04. The lowest BCUT2D eigenvalue weighted by Gasteiger charge is -2.10. The van der Waals surface area contributed by atoms with Crippen molar-refractivity contribution in [1.82, 2.24) is 0 Å². The van der Waals surface area contributed by atoms with E-state index >= 15 is 0 Å². The average Bonchev–Trinajstić information content (AvgIpc) is 2.44. The number of aryl methyl sites for hydroxylation is 3. The Morgan fingerprint density at radius 1 is 1.05 bits per heavy atom. The molecule has 0 aromatic heterocycles. The number of hydrogen-bond donors (Lipinski definition) is 1. The van der Waals surface area contributed by atoms with Gasteiger partial charge in [-0.2, -0.15) is 0 Å². The molecule has 0 saturated heterocycles. The van der Waals surface area contributed by atoms with E-state index in [2.05, 4.69) is 31.3 Å². The van der Waals surface area contributed by atoms with Gasteiger partial charge in [0.15, 0.2) is 0 Å². The van der Waals surface area contributed by atoms with Crippen LogP contribution >= 0.6 is 0 Å². The minimum Gasteiger partial charge on any atom is -0.367 e. The molecule has 2 rings (SSSR count). The number of hydrogen-bond acceptors (Lipinski definition) is 2. The molecule has 1 N–H and O–H groups in total. The Labute approximate surface area is 126 Å². The first-order chi connectivity index (χ1) is 10.1. The number of ether oxygens (including phenoxy) is 1. The molecule has 0 saturated carbocycles. The van der Waals surface area contributed by atoms with Crippen LogP contribution in [0.5, 0.6) is 0 Å². The fraction of sp³-hybridized carbons (Fsp3) is 0.278. The molecule has 0 aliphatic carbocycles. The van der Waals surface area contributed by atoms with Gasteiger partial charge in [0, 0.05) is 5.69 Å². The second-order valence-corrected chi connectivity index (χ2v) is 5.29. The Hall–Kier alpha value is -2.13. The monoisotopic (exact) mass is 283 g/mol. The first-order valence-corrected chi connectivity index (χ1v) is 7.05. The van der Waals surface area contributed by atoms with Crippen LogP contribution in [0.2, 0.25) is 0 Å². The third-order valence-corrected chi connectivity index (χ3v) is 3.41. The standard InChI is InChI=1S/C18H21NO2/c1-13-8-9-16(15(3)10-13)11-21-12-18(20)19-17-7-5-4-6-14(17)2/h4-10H,11-12H2,1-3H3,(H,19,20). The van der Waals surface area contributed by atoms with Crippen molar-refractivity contribution in [3.8, 4) is 0 Å². The molecule has 0 aliphatic rings. The number of nitrogens with one attached hydrogen (secondary N) is 1. The van der Waals surface area contributed by atoms with Crippen molar-refractivity contribution >= 4 is 11.6 Å². The van der Waals surface area contributed by atoms with Crippen LogP contribution in [0.15, 0.2) is 42.5 Å². The smallest absolute Gasteiger partial charge is 0.250 e. The number of rotatable bonds is 5. The third-order valence-electron chi connectivity index (χ3n) is 3.41. The highest BCUT2D eigenvalue weighted by Crippen LogP contribution is 2.14. The van der Waals surface area contributed by atoms with Gasteiger partial charge >= 0.3 is 0 Å². The molecule has 2 aromatic rings. The van der Waals surface area contributed by atoms with E-state index in [0.29, 0.717) is 6.61 Å². The van der Waals surface area contributed by atoms with Crippen LogP contribution in [0.4, 0.5) is 5.69 Å². The Morgan fingerprint density at radius 3 is 2.52 bits per heavy atom. The van der Waals surface area contributed by atoms with Crippen LogP contribution in [0, 0.1) is 20.8 Å². The highest BCUT2D eigenvalue weighted by molar-refractivity contribution is 5.92. The SMILES string of the molecule is Cc1ccc(COCC(=O)Nc2ccccc2C)c(C)c1. The van der Waals surface area contributed by atoms with Gasteiger partial charge < -0.3 is 10.1 Å². The number of amides is 1. The zero-order valence-electron chi connectivity index (χ0n) is 12.8. The molecule has 0 spiro atoms. The summed E-state index contributed by atoms with van der Waals surface area (Å²) < 4.78 is 5.50. The molecular weight excluding hydrogens is 262 g/mol. The highest BCUT2D eigenvalue weighted by Gasteiger charge is 2.05. The van der Waals surface area contributed by atoms with Gasteiger partial charge in [-0.3, -0.25) is 4.79 Å². The number of carbonyl (C=O) groups is 1. The molecule has 110 valence electrons. The topological polar surface area (TPSA) is 38.3 Å². The molecule has 0 atom stereocenters. The maximum atomic E-state index is 11.9. The maximum absolute atomic E-state index is 11.9. The minimum atomic E-state index is -0.130. The Bertz CT molecular complexity index is 635. The maximum Gasteiger partial charge on any atom is 0.250 e. The minimum absolute atomic E-state index is 0.0572. The summed E-state index contributed by atoms with van der Waals surface area (Å²) >= 11 is 0. The van der Waals surface area contributed by atoms with Crippen LogP contribution in [0.25, 0.3) is 0 Å². The summed E-state index contributed by atoms with van der Waals surface area (Å²) in [4.78, 5) is 11.9. The van der Waals surface area contributed by atoms with Gasteiger partial charge in [-0.15, -0.1) is 0 Å². The van der Waals surface area contributed by atoms with Crippen molar-refractivity contribution < 1.29 is 9.53 Å². The summed E-state index contributed by atoms with van der Waals surface area (Å²) in [5.74, 6) is -0.130. The van der Waals surface area contributed by atoms with Crippen LogP contribution in [0.3, 0.4) is 0 Å². The summed E-state index contributed by atoms with van der Waals surface area (Å²) in [5, 5.41) is 2.86. The first-order valence-electron chi connectivity index (χ1n) is 7.05. The molecule has 0 unspecified atom stereocenters. The summed E-state index contributed by atoms with van der Waals surface area (Å²) in [6.07, 6.45) is 0. The molecule has 3 nitrogen and oxygen atoms in total. The van der Waals surface area contributed by atoms with E-state index in [9.17, 15) is 4.79 Å². The highest BCUT2D eigenvalue weighted by atomic mass is 16.5. The zero-order valence-corrected chi connectivity index (χ0v) is 12.8. The van der Waals surface area contributed by atoms with Gasteiger partial charge in [-0.1, -0.05) is 42.0 Å². The van der Waals surface area contributed by atoms with Gasteiger partial charge in [0.2, 0.25) is 5.91 Å². The number of anilines is 1. The lowest BCUT2D eigenvalue weighted by atomic mass is 10.1. The fourth-order valence-electron chi connectivity index (χ4n) is 2.16. The molecule has 1 amide bonds. The van der Waals surface area contributed by atoms with E-state index in [-0.39, 0.29) is 12.5 Å². The van der Waals surface area contributed by atoms with Crippen LogP contribution in [-0.2, 0) is 16.1 Å². The van der Waals surface area contributed by atoms with Crippen molar-refractivity contribution in [2.45, 2.75) is 27.4 Å². The molecule has 0 aliphatic heterocycles. The summed E-state index contributed by atoms with van der Waals surface area (Å²) in [6.45, 7) is 6.59. The second-order valence-electron chi connectivity index (χ2n) is 5.29. The Morgan fingerprint density at radius 2 is 1.81 bits per heavy atom. The Balaban J connectivity index is 1.83. The van der Waals surface area contributed by atoms with Crippen molar-refractivity contribution in [2.24, 2.45) is 0 Å². The lowest BCUT2D eigenvalue weighted by molar-refractivity contribution is -0.121. The largest absolute Gasteiger partial charge is 0.367 e. The number of benzene rings is 2. The lowest BCUT2D eigenvalue weighted by Crippen LogP contribution is -2.18. The molecule has 0 radical (unpaired) electrons. The van der Waals surface area contributed by atoms with Crippen LogP contribution < -0.4 is 5.32 Å². The normalized spacial score (nSPS) is 10.4. The van der Waals surface area contributed by atoms with Crippen molar-refractivity contribution in [1.29, 1.82) is 0 Å². The van der Waals surface area contributed by atoms with Crippen LogP contribution in [-0.4, -0.2) is 12.5 Å². The predicted molar refractivity (Wildman–Crippen MR) is 85.4 cm³/mol. The molecular formula is C18H21NO2. The first kappa shape index (κ1) is 15.3. The number of carbonyl (C=O) groups excluding carboxylic acids is 1. The van der Waals surface area contributed by atoms with E-state index in [1.807, 2.05) is 37.3 Å². The van der Waals surface area contributed by atoms with Crippen molar-refractivity contribution in [2.75, 3.05) is 11.9 Å². The van der Waals surface area contributed by atoms with Crippen LogP contribution in [0.1, 0.15) is 22.3 Å². The average molecular weight is 283 g/mol. The van der Waals surface area contributed by atoms with Gasteiger partial charge in [-0.25, -0.2) is 0 Å². The molecule has 0 bridgehead atoms. The van der Waals surface area contributed by atoms with E-state index in [0.717, 1.165) is 16.8 Å². The third kappa shape index (κ3) is 4.43. The summed E-state index contributed by atoms with van der Waals surface area (Å²) in [5.41, 5.74) is 5.41. The van der Waals surface area contributed by atoms with Gasteiger partial charge in [-0.05, 0) is 43.5 Å².